The minimum absolute atomic E-state index is 0.150. The van der Waals surface area contributed by atoms with Gasteiger partial charge in [0, 0.05) is 20.4 Å². The van der Waals surface area contributed by atoms with E-state index in [4.69, 9.17) is 16.6 Å². The maximum atomic E-state index is 12.3. The van der Waals surface area contributed by atoms with E-state index in [0.717, 1.165) is 3.57 Å². The van der Waals surface area contributed by atoms with E-state index < -0.39 is 0 Å². The minimum Gasteiger partial charge on any atom is -0.467 e. The van der Waals surface area contributed by atoms with Gasteiger partial charge < -0.3 is 15.1 Å². The summed E-state index contributed by atoms with van der Waals surface area (Å²) in [5.41, 5.74) is 1.57. The molecule has 0 radical (unpaired) electrons. The van der Waals surface area contributed by atoms with Gasteiger partial charge in [-0.1, -0.05) is 12.1 Å². The van der Waals surface area contributed by atoms with Crippen molar-refractivity contribution in [2.24, 2.45) is 0 Å². The molecule has 3 rings (SSSR count). The Kier molecular flexibility index (Phi) is 6.77. The summed E-state index contributed by atoms with van der Waals surface area (Å²) in [6.07, 6.45) is 1.55. The molecule has 1 heterocycles. The van der Waals surface area contributed by atoms with Crippen molar-refractivity contribution in [1.82, 2.24) is 10.6 Å². The Labute approximate surface area is 180 Å². The first kappa shape index (κ1) is 20.0. The van der Waals surface area contributed by atoms with E-state index >= 15 is 0 Å². The molecule has 0 aliphatic carbocycles. The first-order valence-electron chi connectivity index (χ1n) is 8.30. The molecule has 0 spiro atoms. The third kappa shape index (κ3) is 5.64. The number of carbonyl (C=O) groups excluding carboxylic acids is 2. The number of halogens is 1. The van der Waals surface area contributed by atoms with Gasteiger partial charge >= 0.3 is 0 Å². The molecule has 0 unspecified atom stereocenters. The highest BCUT2D eigenvalue weighted by Gasteiger charge is 2.10. The normalized spacial score (nSPS) is 10.2. The first-order valence-corrected chi connectivity index (χ1v) is 9.78. The van der Waals surface area contributed by atoms with Crippen LogP contribution in [0.2, 0.25) is 0 Å². The molecule has 8 heteroatoms. The van der Waals surface area contributed by atoms with Gasteiger partial charge in [0.05, 0.1) is 12.8 Å². The van der Waals surface area contributed by atoms with Crippen LogP contribution in [0.4, 0.5) is 5.69 Å². The van der Waals surface area contributed by atoms with Gasteiger partial charge in [-0.25, -0.2) is 0 Å². The van der Waals surface area contributed by atoms with Crippen LogP contribution in [0.5, 0.6) is 0 Å². The zero-order valence-electron chi connectivity index (χ0n) is 14.6. The second-order valence-electron chi connectivity index (χ2n) is 5.76. The molecule has 0 fully saturated rings. The Hall–Kier alpha value is -2.72. The number of nitrogens with one attached hydrogen (secondary N) is 3. The molecule has 0 saturated carbocycles. The van der Waals surface area contributed by atoms with Crippen molar-refractivity contribution in [1.29, 1.82) is 0 Å². The number of thiocarbonyl (C=S) groups is 1. The van der Waals surface area contributed by atoms with Crippen LogP contribution in [-0.2, 0) is 6.54 Å². The third-order valence-electron chi connectivity index (χ3n) is 3.70. The molecular formula is C20H16IN3O3S. The Morgan fingerprint density at radius 2 is 1.71 bits per heavy atom. The molecule has 1 aromatic heterocycles. The summed E-state index contributed by atoms with van der Waals surface area (Å²) in [4.78, 5) is 24.5. The van der Waals surface area contributed by atoms with E-state index in [1.807, 2.05) is 6.07 Å². The maximum Gasteiger partial charge on any atom is 0.257 e. The second kappa shape index (κ2) is 9.47. The van der Waals surface area contributed by atoms with Gasteiger partial charge in [0.25, 0.3) is 11.8 Å². The van der Waals surface area contributed by atoms with Gasteiger partial charge in [0.15, 0.2) is 5.11 Å². The van der Waals surface area contributed by atoms with Crippen molar-refractivity contribution in [2.45, 2.75) is 6.54 Å². The fourth-order valence-electron chi connectivity index (χ4n) is 2.39. The highest BCUT2D eigenvalue weighted by Crippen LogP contribution is 2.12. The van der Waals surface area contributed by atoms with Gasteiger partial charge in [-0.05, 0) is 83.3 Å². The molecule has 3 N–H and O–H groups in total. The Bertz CT molecular complexity index is 1010. The Morgan fingerprint density at radius 3 is 2.43 bits per heavy atom. The molecule has 142 valence electrons. The van der Waals surface area contributed by atoms with Crippen LogP contribution in [0.15, 0.2) is 71.3 Å². The molecular weight excluding hydrogens is 489 g/mol. The average molecular weight is 505 g/mol. The van der Waals surface area contributed by atoms with E-state index in [2.05, 4.69) is 38.5 Å². The number of hydrogen-bond acceptors (Lipinski definition) is 4. The molecule has 0 aliphatic heterocycles. The standard InChI is InChI=1S/C20H16IN3O3S/c21-15-6-1-4-13(10-15)19(26)24-20(28)23-16-7-2-5-14(11-16)18(25)22-12-17-8-3-9-27-17/h1-11H,12H2,(H,22,25)(H2,23,24,26,28). The van der Waals surface area contributed by atoms with E-state index in [1.54, 1.807) is 60.9 Å². The van der Waals surface area contributed by atoms with Crippen molar-refractivity contribution < 1.29 is 14.0 Å². The zero-order valence-corrected chi connectivity index (χ0v) is 17.5. The quantitative estimate of drug-likeness (QED) is 0.362. The van der Waals surface area contributed by atoms with Crippen LogP contribution in [-0.4, -0.2) is 16.9 Å². The van der Waals surface area contributed by atoms with E-state index in [1.165, 1.54) is 0 Å². The van der Waals surface area contributed by atoms with Crippen LogP contribution in [0.1, 0.15) is 26.5 Å². The summed E-state index contributed by atoms with van der Waals surface area (Å²) in [5.74, 6) is 0.124. The smallest absolute Gasteiger partial charge is 0.257 e. The minimum atomic E-state index is -0.302. The third-order valence-corrected chi connectivity index (χ3v) is 4.57. The molecule has 6 nitrogen and oxygen atoms in total. The summed E-state index contributed by atoms with van der Waals surface area (Å²) < 4.78 is 6.15. The SMILES string of the molecule is O=C(NCc1ccco1)c1cccc(NC(=S)NC(=O)c2cccc(I)c2)c1. The number of anilines is 1. The lowest BCUT2D eigenvalue weighted by atomic mass is 10.2. The van der Waals surface area contributed by atoms with E-state index in [-0.39, 0.29) is 16.9 Å². The molecule has 2 amide bonds. The average Bonchev–Trinajstić information content (AvgIpc) is 3.20. The van der Waals surface area contributed by atoms with Crippen LogP contribution >= 0.6 is 34.8 Å². The fourth-order valence-corrected chi connectivity index (χ4v) is 3.14. The lowest BCUT2D eigenvalue weighted by Gasteiger charge is -2.11. The van der Waals surface area contributed by atoms with E-state index in [0.29, 0.717) is 29.1 Å². The highest BCUT2D eigenvalue weighted by molar-refractivity contribution is 14.1. The van der Waals surface area contributed by atoms with Gasteiger partial charge in [-0.3, -0.25) is 14.9 Å². The number of amides is 2. The number of carbonyl (C=O) groups is 2. The number of rotatable bonds is 5. The Morgan fingerprint density at radius 1 is 0.964 bits per heavy atom. The largest absolute Gasteiger partial charge is 0.467 e. The number of hydrogen-bond donors (Lipinski definition) is 3. The van der Waals surface area contributed by atoms with Crippen molar-refractivity contribution in [3.8, 4) is 0 Å². The molecule has 3 aromatic rings. The van der Waals surface area contributed by atoms with Crippen molar-refractivity contribution in [2.75, 3.05) is 5.32 Å². The van der Waals surface area contributed by atoms with Gasteiger partial charge in [0.2, 0.25) is 0 Å². The van der Waals surface area contributed by atoms with Crippen LogP contribution in [0, 0.1) is 3.57 Å². The van der Waals surface area contributed by atoms with Crippen molar-refractivity contribution in [3.63, 3.8) is 0 Å². The summed E-state index contributed by atoms with van der Waals surface area (Å²) in [7, 11) is 0. The zero-order chi connectivity index (χ0) is 19.9. The predicted molar refractivity (Wildman–Crippen MR) is 119 cm³/mol. The topological polar surface area (TPSA) is 83.4 Å². The lowest BCUT2D eigenvalue weighted by Crippen LogP contribution is -2.34. The monoisotopic (exact) mass is 505 g/mol. The fraction of sp³-hybridized carbons (Fsp3) is 0.0500. The number of benzene rings is 2. The maximum absolute atomic E-state index is 12.3. The van der Waals surface area contributed by atoms with Crippen molar-refractivity contribution in [3.05, 3.63) is 87.4 Å². The Balaban J connectivity index is 1.58. The van der Waals surface area contributed by atoms with Crippen LogP contribution in [0.3, 0.4) is 0 Å². The summed E-state index contributed by atoms with van der Waals surface area (Å²) in [5, 5.41) is 8.48. The van der Waals surface area contributed by atoms with E-state index in [9.17, 15) is 9.59 Å². The predicted octanol–water partition coefficient (Wildman–Crippen LogP) is 3.94. The first-order chi connectivity index (χ1) is 13.5. The van der Waals surface area contributed by atoms with Gasteiger partial charge in [-0.2, -0.15) is 0 Å². The molecule has 28 heavy (non-hydrogen) atoms. The van der Waals surface area contributed by atoms with Crippen LogP contribution in [0.25, 0.3) is 0 Å². The summed E-state index contributed by atoms with van der Waals surface area (Å²) in [6.45, 7) is 0.299. The van der Waals surface area contributed by atoms with Gasteiger partial charge in [0.1, 0.15) is 5.76 Å². The molecule has 0 saturated heterocycles. The van der Waals surface area contributed by atoms with Crippen molar-refractivity contribution >= 4 is 57.4 Å². The second-order valence-corrected chi connectivity index (χ2v) is 7.42. The lowest BCUT2D eigenvalue weighted by molar-refractivity contribution is 0.0946. The van der Waals surface area contributed by atoms with Crippen LogP contribution < -0.4 is 16.0 Å². The molecule has 0 bridgehead atoms. The number of furan rings is 1. The molecule has 0 atom stereocenters. The summed E-state index contributed by atoms with van der Waals surface area (Å²) >= 11 is 7.34. The molecule has 0 aliphatic rings. The highest BCUT2D eigenvalue weighted by atomic mass is 127. The summed E-state index contributed by atoms with van der Waals surface area (Å²) in [6, 6.07) is 17.6. The molecule has 2 aromatic carbocycles. The van der Waals surface area contributed by atoms with Gasteiger partial charge in [-0.15, -0.1) is 0 Å².